The van der Waals surface area contributed by atoms with Crippen LogP contribution >= 0.6 is 0 Å². The van der Waals surface area contributed by atoms with Crippen LogP contribution in [0.3, 0.4) is 0 Å². The highest BCUT2D eigenvalue weighted by Gasteiger charge is 2.53. The molecular weight excluding hydrogens is 178 g/mol. The van der Waals surface area contributed by atoms with E-state index < -0.39 is 6.03 Å². The summed E-state index contributed by atoms with van der Waals surface area (Å²) in [4.78, 5) is 10.5. The Labute approximate surface area is 81.5 Å². The normalized spacial score (nSPS) is 43.9. The number of urea groups is 1. The molecule has 0 aliphatic heterocycles. The van der Waals surface area contributed by atoms with Gasteiger partial charge in [0.25, 0.3) is 0 Å². The Morgan fingerprint density at radius 3 is 2.50 bits per heavy atom. The Hall–Kier alpha value is -1.58. The molecule has 4 nitrogen and oxygen atoms in total. The minimum absolute atomic E-state index is 0.423. The number of allylic oxidation sites excluding steroid dienone is 4. The summed E-state index contributed by atoms with van der Waals surface area (Å²) in [5.41, 5.74) is 8.31. The Bertz CT molecular complexity index is 359. The summed E-state index contributed by atoms with van der Waals surface area (Å²) in [6.07, 6.45) is 8.80. The third-order valence-electron chi connectivity index (χ3n) is 3.33. The molecule has 1 saturated carbocycles. The Morgan fingerprint density at radius 2 is 1.93 bits per heavy atom. The summed E-state index contributed by atoms with van der Waals surface area (Å²) < 4.78 is 0. The molecule has 14 heavy (non-hydrogen) atoms. The zero-order chi connectivity index (χ0) is 9.71. The molecule has 0 aromatic rings. The molecule has 2 amide bonds. The molecule has 3 N–H and O–H groups in total. The van der Waals surface area contributed by atoms with Crippen molar-refractivity contribution in [2.75, 3.05) is 0 Å². The van der Waals surface area contributed by atoms with Crippen molar-refractivity contribution in [3.8, 4) is 0 Å². The SMILES string of the molecule is NC(=O)NN=C1[C@H]2C=CC3C=C[C@@H]1C32. The number of carbonyl (C=O) groups is 1. The summed E-state index contributed by atoms with van der Waals surface area (Å²) in [5.74, 6) is 2.11. The molecule has 2 unspecified atom stereocenters. The lowest BCUT2D eigenvalue weighted by atomic mass is 9.65. The van der Waals surface area contributed by atoms with E-state index in [2.05, 4.69) is 34.8 Å². The first-order chi connectivity index (χ1) is 6.77. The van der Waals surface area contributed by atoms with Crippen LogP contribution in [0, 0.1) is 23.7 Å². The summed E-state index contributed by atoms with van der Waals surface area (Å²) in [6.45, 7) is 0. The molecule has 0 aromatic heterocycles. The fourth-order valence-electron chi connectivity index (χ4n) is 2.74. The van der Waals surface area contributed by atoms with Gasteiger partial charge in [0, 0.05) is 11.8 Å². The molecule has 0 aromatic carbocycles. The molecule has 4 atom stereocenters. The fraction of sp³-hybridized carbons (Fsp3) is 0.400. The van der Waals surface area contributed by atoms with Gasteiger partial charge in [-0.3, -0.25) is 0 Å². The van der Waals surface area contributed by atoms with E-state index in [0.29, 0.717) is 23.7 Å². The van der Waals surface area contributed by atoms with Crippen molar-refractivity contribution < 1.29 is 4.79 Å². The summed E-state index contributed by atoms with van der Waals surface area (Å²) >= 11 is 0. The number of nitrogens with zero attached hydrogens (tertiary/aromatic N) is 1. The van der Waals surface area contributed by atoms with Crippen molar-refractivity contribution in [3.63, 3.8) is 0 Å². The highest BCUT2D eigenvalue weighted by molar-refractivity contribution is 6.00. The molecule has 3 aliphatic carbocycles. The number of nitrogens with one attached hydrogen (secondary N) is 1. The van der Waals surface area contributed by atoms with Crippen molar-refractivity contribution in [3.05, 3.63) is 24.3 Å². The number of amides is 2. The molecule has 0 heterocycles. The third kappa shape index (κ3) is 0.828. The molecular formula is C10H11N3O. The van der Waals surface area contributed by atoms with Crippen LogP contribution < -0.4 is 11.2 Å². The number of hydrogen-bond donors (Lipinski definition) is 2. The quantitative estimate of drug-likeness (QED) is 0.461. The first-order valence-corrected chi connectivity index (χ1v) is 4.77. The van der Waals surface area contributed by atoms with Crippen molar-refractivity contribution in [2.45, 2.75) is 0 Å². The van der Waals surface area contributed by atoms with Crippen LogP contribution in [0.1, 0.15) is 0 Å². The van der Waals surface area contributed by atoms with Crippen molar-refractivity contribution >= 4 is 11.7 Å². The number of carbonyl (C=O) groups excluding carboxylic acids is 1. The lowest BCUT2D eigenvalue weighted by molar-refractivity contribution is 0.248. The minimum Gasteiger partial charge on any atom is -0.350 e. The van der Waals surface area contributed by atoms with Crippen molar-refractivity contribution in [1.82, 2.24) is 5.43 Å². The molecule has 3 aliphatic rings. The largest absolute Gasteiger partial charge is 0.350 e. The van der Waals surface area contributed by atoms with Gasteiger partial charge in [-0.2, -0.15) is 5.10 Å². The zero-order valence-electron chi connectivity index (χ0n) is 7.55. The molecule has 0 spiro atoms. The predicted octanol–water partition coefficient (Wildman–Crippen LogP) is 0.629. The second kappa shape index (κ2) is 2.47. The molecule has 0 radical (unpaired) electrons. The van der Waals surface area contributed by atoms with Crippen LogP contribution in [-0.4, -0.2) is 11.7 Å². The van der Waals surface area contributed by atoms with E-state index >= 15 is 0 Å². The maximum Gasteiger partial charge on any atom is 0.332 e. The van der Waals surface area contributed by atoms with E-state index in [4.69, 9.17) is 5.73 Å². The first kappa shape index (κ1) is 7.79. The molecule has 3 rings (SSSR count). The standard InChI is InChI=1S/C10H11N3O/c11-10(14)13-12-9-6-3-1-5-2-4-7(9)8(5)6/h1-8H,(H3,11,13,14)/t5?,6-,7+,8?. The lowest BCUT2D eigenvalue weighted by Crippen LogP contribution is -2.45. The first-order valence-electron chi connectivity index (χ1n) is 4.77. The highest BCUT2D eigenvalue weighted by Crippen LogP contribution is 2.53. The van der Waals surface area contributed by atoms with E-state index in [1.165, 1.54) is 0 Å². The van der Waals surface area contributed by atoms with Gasteiger partial charge in [0.05, 0.1) is 5.71 Å². The zero-order valence-corrected chi connectivity index (χ0v) is 7.55. The van der Waals surface area contributed by atoms with Gasteiger partial charge in [-0.1, -0.05) is 24.3 Å². The number of primary amides is 1. The van der Waals surface area contributed by atoms with E-state index in [-0.39, 0.29) is 0 Å². The van der Waals surface area contributed by atoms with Crippen LogP contribution in [0.2, 0.25) is 0 Å². The van der Waals surface area contributed by atoms with Crippen molar-refractivity contribution in [1.29, 1.82) is 0 Å². The van der Waals surface area contributed by atoms with Gasteiger partial charge < -0.3 is 5.73 Å². The Morgan fingerprint density at radius 1 is 1.29 bits per heavy atom. The molecule has 0 bridgehead atoms. The van der Waals surface area contributed by atoms with Crippen LogP contribution in [-0.2, 0) is 0 Å². The van der Waals surface area contributed by atoms with Crippen LogP contribution in [0.4, 0.5) is 4.79 Å². The number of hydrogen-bond acceptors (Lipinski definition) is 2. The van der Waals surface area contributed by atoms with E-state index in [1.807, 2.05) is 0 Å². The van der Waals surface area contributed by atoms with E-state index in [1.54, 1.807) is 0 Å². The van der Waals surface area contributed by atoms with Gasteiger partial charge >= 0.3 is 6.03 Å². The molecule has 1 fully saturated rings. The van der Waals surface area contributed by atoms with Crippen LogP contribution in [0.5, 0.6) is 0 Å². The summed E-state index contributed by atoms with van der Waals surface area (Å²) in [7, 11) is 0. The van der Waals surface area contributed by atoms with Gasteiger partial charge in [-0.05, 0) is 11.8 Å². The van der Waals surface area contributed by atoms with E-state index in [0.717, 1.165) is 5.71 Å². The average Bonchev–Trinajstić information content (AvgIpc) is 2.55. The van der Waals surface area contributed by atoms with E-state index in [9.17, 15) is 4.79 Å². The predicted molar refractivity (Wildman–Crippen MR) is 52.4 cm³/mol. The molecule has 0 saturated heterocycles. The van der Waals surface area contributed by atoms with Crippen molar-refractivity contribution in [2.24, 2.45) is 34.5 Å². The third-order valence-corrected chi connectivity index (χ3v) is 3.33. The number of hydrazone groups is 1. The maximum absolute atomic E-state index is 10.5. The summed E-state index contributed by atoms with van der Waals surface area (Å²) in [6, 6.07) is -0.596. The van der Waals surface area contributed by atoms with Crippen LogP contribution in [0.15, 0.2) is 29.4 Å². The topological polar surface area (TPSA) is 67.5 Å². The summed E-state index contributed by atoms with van der Waals surface area (Å²) in [5, 5.41) is 4.04. The lowest BCUT2D eigenvalue weighted by Gasteiger charge is -2.38. The maximum atomic E-state index is 10.5. The Kier molecular flexibility index (Phi) is 1.37. The molecule has 4 heteroatoms. The fourth-order valence-corrected chi connectivity index (χ4v) is 2.74. The minimum atomic E-state index is -0.596. The smallest absolute Gasteiger partial charge is 0.332 e. The van der Waals surface area contributed by atoms with Gasteiger partial charge in [0.15, 0.2) is 0 Å². The Balaban J connectivity index is 1.84. The second-order valence-electron chi connectivity index (χ2n) is 3.99. The van der Waals surface area contributed by atoms with Gasteiger partial charge in [0.1, 0.15) is 0 Å². The van der Waals surface area contributed by atoms with Gasteiger partial charge in [0.2, 0.25) is 0 Å². The van der Waals surface area contributed by atoms with Gasteiger partial charge in [-0.15, -0.1) is 0 Å². The van der Waals surface area contributed by atoms with Crippen LogP contribution in [0.25, 0.3) is 0 Å². The highest BCUT2D eigenvalue weighted by atomic mass is 16.2. The number of nitrogens with two attached hydrogens (primary N) is 1. The second-order valence-corrected chi connectivity index (χ2v) is 3.99. The number of rotatable bonds is 1. The molecule has 72 valence electrons. The average molecular weight is 189 g/mol. The monoisotopic (exact) mass is 189 g/mol. The van der Waals surface area contributed by atoms with Gasteiger partial charge in [-0.25, -0.2) is 10.2 Å².